The molecule has 0 spiro atoms. The van der Waals surface area contributed by atoms with Crippen molar-refractivity contribution >= 4 is 16.9 Å². The van der Waals surface area contributed by atoms with Crippen LogP contribution in [-0.4, -0.2) is 27.9 Å². The van der Waals surface area contributed by atoms with E-state index in [1.54, 1.807) is 6.07 Å². The topological polar surface area (TPSA) is 75.2 Å². The van der Waals surface area contributed by atoms with Crippen molar-refractivity contribution in [2.24, 2.45) is 0 Å². The van der Waals surface area contributed by atoms with Crippen molar-refractivity contribution in [1.82, 2.24) is 4.57 Å². The molecule has 2 unspecified atom stereocenters. The zero-order valence-electron chi connectivity index (χ0n) is 10.8. The first-order chi connectivity index (χ1) is 9.69. The van der Waals surface area contributed by atoms with E-state index in [-0.39, 0.29) is 6.10 Å². The number of nitrogens with zero attached hydrogens (tertiary/aromatic N) is 2. The smallest absolute Gasteiger partial charge is 0.332 e. The number of carboxylic acids is 1. The van der Waals surface area contributed by atoms with Gasteiger partial charge in [0.15, 0.2) is 6.10 Å². The Morgan fingerprint density at radius 2 is 2.30 bits per heavy atom. The highest BCUT2D eigenvalue weighted by Gasteiger charge is 2.30. The van der Waals surface area contributed by atoms with Gasteiger partial charge < -0.3 is 14.4 Å². The third-order valence-electron chi connectivity index (χ3n) is 3.72. The molecule has 5 nitrogen and oxygen atoms in total. The Kier molecular flexibility index (Phi) is 3.17. The number of carboxylic acid groups (broad SMARTS) is 1. The van der Waals surface area contributed by atoms with Gasteiger partial charge in [0.2, 0.25) is 0 Å². The van der Waals surface area contributed by atoms with E-state index in [0.717, 1.165) is 17.3 Å². The van der Waals surface area contributed by atoms with Crippen molar-refractivity contribution in [3.8, 4) is 6.07 Å². The van der Waals surface area contributed by atoms with Crippen LogP contribution in [0.25, 0.3) is 10.9 Å². The van der Waals surface area contributed by atoms with Crippen molar-refractivity contribution in [3.63, 3.8) is 0 Å². The molecule has 0 radical (unpaired) electrons. The van der Waals surface area contributed by atoms with Gasteiger partial charge in [-0.05, 0) is 31.0 Å². The van der Waals surface area contributed by atoms with Gasteiger partial charge in [0.05, 0.1) is 17.7 Å². The Hall–Kier alpha value is -2.32. The van der Waals surface area contributed by atoms with E-state index >= 15 is 0 Å². The van der Waals surface area contributed by atoms with Gasteiger partial charge in [0.25, 0.3) is 0 Å². The second-order valence-corrected chi connectivity index (χ2v) is 4.98. The van der Waals surface area contributed by atoms with Gasteiger partial charge in [-0.1, -0.05) is 6.07 Å². The lowest BCUT2D eigenvalue weighted by molar-refractivity contribution is -0.149. The quantitative estimate of drug-likeness (QED) is 0.927. The van der Waals surface area contributed by atoms with Gasteiger partial charge in [0, 0.05) is 23.6 Å². The summed E-state index contributed by atoms with van der Waals surface area (Å²) in [6, 6.07) is 9.69. The van der Waals surface area contributed by atoms with Crippen LogP contribution in [0.4, 0.5) is 0 Å². The van der Waals surface area contributed by atoms with Gasteiger partial charge in [-0.2, -0.15) is 5.26 Å². The molecule has 1 fully saturated rings. The minimum absolute atomic E-state index is 0.0857. The third-order valence-corrected chi connectivity index (χ3v) is 3.72. The van der Waals surface area contributed by atoms with Crippen molar-refractivity contribution < 1.29 is 14.6 Å². The number of ether oxygens (including phenoxy) is 1. The summed E-state index contributed by atoms with van der Waals surface area (Å²) in [5, 5.41) is 18.9. The minimum atomic E-state index is -0.892. The van der Waals surface area contributed by atoms with E-state index in [1.807, 2.05) is 29.0 Å². The van der Waals surface area contributed by atoms with Crippen LogP contribution in [0.15, 0.2) is 30.5 Å². The molecule has 0 saturated carbocycles. The van der Waals surface area contributed by atoms with Crippen LogP contribution in [0.5, 0.6) is 0 Å². The molecule has 1 aromatic carbocycles. The maximum absolute atomic E-state index is 10.9. The van der Waals surface area contributed by atoms with E-state index in [2.05, 4.69) is 6.07 Å². The van der Waals surface area contributed by atoms with Crippen molar-refractivity contribution in [2.75, 3.05) is 0 Å². The van der Waals surface area contributed by atoms with Gasteiger partial charge in [-0.25, -0.2) is 4.79 Å². The molecule has 102 valence electrons. The molecule has 1 N–H and O–H groups in total. The van der Waals surface area contributed by atoms with Gasteiger partial charge in [-0.15, -0.1) is 0 Å². The maximum Gasteiger partial charge on any atom is 0.332 e. The lowest BCUT2D eigenvalue weighted by Crippen LogP contribution is -2.22. The SMILES string of the molecule is N#Cc1cccc2c1ccn2CC1CCC(C(=O)O)O1. The van der Waals surface area contributed by atoms with Crippen molar-refractivity contribution in [1.29, 1.82) is 5.26 Å². The molecule has 2 atom stereocenters. The number of hydrogen-bond donors (Lipinski definition) is 1. The number of fused-ring (bicyclic) bond motifs is 1. The van der Waals surface area contributed by atoms with E-state index in [1.165, 1.54) is 0 Å². The van der Waals surface area contributed by atoms with Crippen molar-refractivity contribution in [3.05, 3.63) is 36.0 Å². The average Bonchev–Trinajstić information content (AvgIpc) is 3.06. The molecule has 1 aliphatic rings. The minimum Gasteiger partial charge on any atom is -0.479 e. The lowest BCUT2D eigenvalue weighted by atomic mass is 10.1. The monoisotopic (exact) mass is 270 g/mol. The Balaban J connectivity index is 1.83. The fourth-order valence-corrected chi connectivity index (χ4v) is 2.72. The van der Waals surface area contributed by atoms with Crippen LogP contribution < -0.4 is 0 Å². The summed E-state index contributed by atoms with van der Waals surface area (Å²) < 4.78 is 7.54. The highest BCUT2D eigenvalue weighted by molar-refractivity contribution is 5.86. The summed E-state index contributed by atoms with van der Waals surface area (Å²) >= 11 is 0. The standard InChI is InChI=1S/C15H14N2O3/c16-8-10-2-1-3-13-12(10)6-7-17(13)9-11-4-5-14(20-11)15(18)19/h1-3,6-7,11,14H,4-5,9H2,(H,18,19). The van der Waals surface area contributed by atoms with Crippen LogP contribution in [0.3, 0.4) is 0 Å². The molecule has 1 saturated heterocycles. The molecule has 5 heteroatoms. The first kappa shape index (κ1) is 12.7. The second-order valence-electron chi connectivity index (χ2n) is 4.98. The Labute approximate surface area is 116 Å². The zero-order chi connectivity index (χ0) is 14.1. The Morgan fingerprint density at radius 1 is 1.45 bits per heavy atom. The molecule has 20 heavy (non-hydrogen) atoms. The summed E-state index contributed by atoms with van der Waals surface area (Å²) in [5.41, 5.74) is 1.63. The summed E-state index contributed by atoms with van der Waals surface area (Å²) in [7, 11) is 0. The normalized spacial score (nSPS) is 21.9. The first-order valence-corrected chi connectivity index (χ1v) is 6.55. The van der Waals surface area contributed by atoms with Crippen LogP contribution in [0, 0.1) is 11.3 Å². The average molecular weight is 270 g/mol. The van der Waals surface area contributed by atoms with E-state index < -0.39 is 12.1 Å². The van der Waals surface area contributed by atoms with E-state index in [4.69, 9.17) is 15.1 Å². The Morgan fingerprint density at radius 3 is 3.00 bits per heavy atom. The molecule has 0 amide bonds. The number of nitriles is 1. The number of aromatic nitrogens is 1. The number of benzene rings is 1. The van der Waals surface area contributed by atoms with Gasteiger partial charge >= 0.3 is 5.97 Å². The van der Waals surface area contributed by atoms with E-state index in [0.29, 0.717) is 18.5 Å². The molecule has 1 aromatic heterocycles. The Bertz CT molecular complexity index is 699. The summed E-state index contributed by atoms with van der Waals surface area (Å²) in [6.45, 7) is 0.613. The highest BCUT2D eigenvalue weighted by Crippen LogP contribution is 2.25. The molecule has 1 aliphatic heterocycles. The number of aliphatic carboxylic acids is 1. The predicted octanol–water partition coefficient (Wildman–Crippen LogP) is 2.15. The zero-order valence-corrected chi connectivity index (χ0v) is 10.8. The van der Waals surface area contributed by atoms with Crippen molar-refractivity contribution in [2.45, 2.75) is 31.6 Å². The molecule has 2 heterocycles. The highest BCUT2D eigenvalue weighted by atomic mass is 16.5. The predicted molar refractivity (Wildman–Crippen MR) is 72.2 cm³/mol. The number of rotatable bonds is 3. The fraction of sp³-hybridized carbons (Fsp3) is 0.333. The third kappa shape index (κ3) is 2.15. The second kappa shape index (κ2) is 4.99. The molecular formula is C15H14N2O3. The first-order valence-electron chi connectivity index (χ1n) is 6.55. The van der Waals surface area contributed by atoms with Crippen LogP contribution in [0.2, 0.25) is 0 Å². The summed E-state index contributed by atoms with van der Waals surface area (Å²) in [6.07, 6.45) is 2.45. The van der Waals surface area contributed by atoms with Crippen LogP contribution in [0.1, 0.15) is 18.4 Å². The van der Waals surface area contributed by atoms with Crippen LogP contribution >= 0.6 is 0 Å². The number of hydrogen-bond acceptors (Lipinski definition) is 3. The lowest BCUT2D eigenvalue weighted by Gasteiger charge is -2.13. The largest absolute Gasteiger partial charge is 0.479 e. The molecular weight excluding hydrogens is 256 g/mol. The summed E-state index contributed by atoms with van der Waals surface area (Å²) in [4.78, 5) is 10.9. The molecule has 2 aromatic rings. The van der Waals surface area contributed by atoms with Crippen LogP contribution in [-0.2, 0) is 16.1 Å². The van der Waals surface area contributed by atoms with Gasteiger partial charge in [0.1, 0.15) is 0 Å². The van der Waals surface area contributed by atoms with Gasteiger partial charge in [-0.3, -0.25) is 0 Å². The number of carbonyl (C=O) groups is 1. The molecule has 0 aliphatic carbocycles. The molecule has 3 rings (SSSR count). The summed E-state index contributed by atoms with van der Waals surface area (Å²) in [5.74, 6) is -0.892. The molecule has 0 bridgehead atoms. The fourth-order valence-electron chi connectivity index (χ4n) is 2.72. The van der Waals surface area contributed by atoms with E-state index in [9.17, 15) is 4.79 Å². The maximum atomic E-state index is 10.9.